The van der Waals surface area contributed by atoms with Gasteiger partial charge in [-0.1, -0.05) is 48.0 Å². The molecule has 0 spiro atoms. The number of aromatic nitrogens is 1. The quantitative estimate of drug-likeness (QED) is 0.296. The van der Waals surface area contributed by atoms with Crippen molar-refractivity contribution >= 4 is 29.2 Å². The second kappa shape index (κ2) is 10.2. The summed E-state index contributed by atoms with van der Waals surface area (Å²) in [7, 11) is 0. The average molecular weight is 498 g/mol. The van der Waals surface area contributed by atoms with Gasteiger partial charge in [0.15, 0.2) is 5.75 Å². The van der Waals surface area contributed by atoms with Crippen molar-refractivity contribution in [2.75, 3.05) is 0 Å². The van der Waals surface area contributed by atoms with Gasteiger partial charge in [0.1, 0.15) is 18.5 Å². The van der Waals surface area contributed by atoms with E-state index in [1.54, 1.807) is 24.3 Å². The predicted molar refractivity (Wildman–Crippen MR) is 116 cm³/mol. The third kappa shape index (κ3) is 6.25. The molecule has 0 saturated heterocycles. The lowest BCUT2D eigenvalue weighted by atomic mass is 10.1. The van der Waals surface area contributed by atoms with E-state index in [-0.39, 0.29) is 33.7 Å². The zero-order valence-electron chi connectivity index (χ0n) is 16.8. The number of hydrogen-bond donors (Lipinski definition) is 1. The largest absolute Gasteiger partial charge is 0.457 e. The minimum absolute atomic E-state index is 0.111. The van der Waals surface area contributed by atoms with E-state index >= 15 is 0 Å². The van der Waals surface area contributed by atoms with Gasteiger partial charge in [0.25, 0.3) is 0 Å². The Hall–Kier alpha value is -3.07. The number of carbonyl (C=O) groups is 1. The molecule has 3 aromatic rings. The lowest BCUT2D eigenvalue weighted by Gasteiger charge is -2.14. The fourth-order valence-corrected chi connectivity index (χ4v) is 3.25. The van der Waals surface area contributed by atoms with E-state index in [1.165, 1.54) is 24.5 Å². The summed E-state index contributed by atoms with van der Waals surface area (Å²) in [5.74, 6) is -0.647. The van der Waals surface area contributed by atoms with Crippen LogP contribution in [0, 0.1) is 0 Å². The Kier molecular flexibility index (Phi) is 7.63. The van der Waals surface area contributed by atoms with E-state index in [0.29, 0.717) is 11.1 Å². The second-order valence-corrected chi connectivity index (χ2v) is 7.62. The molecule has 0 aliphatic heterocycles. The fraction of sp³-hybridized carbons (Fsp3) is 0.130. The molecule has 3 rings (SSSR count). The zero-order chi connectivity index (χ0) is 24.2. The summed E-state index contributed by atoms with van der Waals surface area (Å²) in [5.41, 5.74) is -0.141. The van der Waals surface area contributed by atoms with Gasteiger partial charge in [-0.3, -0.25) is 4.98 Å². The standard InChI is InChI=1S/C23H16Cl2F3NO4/c1-13(20(30)15-3-2-8-29-11-15)22(31)32-12-14-4-6-17(7-5-14)33-21-18(24)9-16(10-19(21)25)23(26,27)28/h2-11,20,30H,1,12H2. The topological polar surface area (TPSA) is 68.7 Å². The van der Waals surface area contributed by atoms with Crippen molar-refractivity contribution < 1.29 is 32.5 Å². The van der Waals surface area contributed by atoms with Gasteiger partial charge in [-0.2, -0.15) is 13.2 Å². The molecule has 0 aliphatic carbocycles. The summed E-state index contributed by atoms with van der Waals surface area (Å²) in [4.78, 5) is 16.0. The molecule has 0 aliphatic rings. The Labute approximate surface area is 197 Å². The molecule has 1 aromatic heterocycles. The van der Waals surface area contributed by atoms with Gasteiger partial charge in [-0.25, -0.2) is 4.79 Å². The van der Waals surface area contributed by atoms with Crippen molar-refractivity contribution in [3.05, 3.63) is 99.8 Å². The smallest absolute Gasteiger partial charge is 0.416 e. The molecule has 172 valence electrons. The van der Waals surface area contributed by atoms with Gasteiger partial charge in [-0.05, 0) is 35.9 Å². The first-order valence-corrected chi connectivity index (χ1v) is 10.1. The van der Waals surface area contributed by atoms with Crippen molar-refractivity contribution in [1.82, 2.24) is 4.98 Å². The highest BCUT2D eigenvalue weighted by atomic mass is 35.5. The molecular formula is C23H16Cl2F3NO4. The summed E-state index contributed by atoms with van der Waals surface area (Å²) < 4.78 is 49.2. The number of pyridine rings is 1. The van der Waals surface area contributed by atoms with E-state index < -0.39 is 23.8 Å². The molecule has 2 aromatic carbocycles. The van der Waals surface area contributed by atoms with Gasteiger partial charge < -0.3 is 14.6 Å². The number of ether oxygens (including phenoxy) is 2. The number of esters is 1. The normalized spacial score (nSPS) is 12.2. The van der Waals surface area contributed by atoms with Crippen molar-refractivity contribution in [1.29, 1.82) is 0 Å². The average Bonchev–Trinajstić information content (AvgIpc) is 2.79. The molecule has 0 saturated carbocycles. The Morgan fingerprint density at radius 1 is 1.12 bits per heavy atom. The van der Waals surface area contributed by atoms with Crippen LogP contribution >= 0.6 is 23.2 Å². The highest BCUT2D eigenvalue weighted by Crippen LogP contribution is 2.41. The van der Waals surface area contributed by atoms with E-state index in [1.807, 2.05) is 0 Å². The third-order valence-electron chi connectivity index (χ3n) is 4.43. The van der Waals surface area contributed by atoms with Crippen LogP contribution in [0.2, 0.25) is 10.0 Å². The molecule has 1 N–H and O–H groups in total. The minimum Gasteiger partial charge on any atom is -0.457 e. The minimum atomic E-state index is -4.59. The van der Waals surface area contributed by atoms with Gasteiger partial charge >= 0.3 is 12.1 Å². The summed E-state index contributed by atoms with van der Waals surface area (Å²) in [6.45, 7) is 3.46. The maximum atomic E-state index is 12.8. The number of nitrogens with zero attached hydrogens (tertiary/aromatic N) is 1. The first kappa shape index (κ1) is 24.6. The molecule has 0 amide bonds. The Morgan fingerprint density at radius 3 is 2.30 bits per heavy atom. The van der Waals surface area contributed by atoms with Crippen molar-refractivity contribution in [3.63, 3.8) is 0 Å². The number of hydrogen-bond acceptors (Lipinski definition) is 5. The summed E-state index contributed by atoms with van der Waals surface area (Å²) in [5, 5.41) is 9.61. The molecule has 0 bridgehead atoms. The maximum Gasteiger partial charge on any atom is 0.416 e. The van der Waals surface area contributed by atoms with E-state index in [4.69, 9.17) is 32.7 Å². The Morgan fingerprint density at radius 2 is 1.76 bits per heavy atom. The van der Waals surface area contributed by atoms with Crippen LogP contribution in [0.25, 0.3) is 0 Å². The molecule has 0 radical (unpaired) electrons. The number of aliphatic hydroxyl groups excluding tert-OH is 1. The molecule has 10 heteroatoms. The van der Waals surface area contributed by atoms with Crippen molar-refractivity contribution in [2.45, 2.75) is 18.9 Å². The molecular weight excluding hydrogens is 482 g/mol. The molecule has 5 nitrogen and oxygen atoms in total. The second-order valence-electron chi connectivity index (χ2n) is 6.80. The molecule has 33 heavy (non-hydrogen) atoms. The van der Waals surface area contributed by atoms with Gasteiger partial charge in [-0.15, -0.1) is 0 Å². The van der Waals surface area contributed by atoms with E-state index in [9.17, 15) is 23.1 Å². The predicted octanol–water partition coefficient (Wildman–Crippen LogP) is 6.53. The lowest BCUT2D eigenvalue weighted by Crippen LogP contribution is -2.14. The van der Waals surface area contributed by atoms with Crippen LogP contribution < -0.4 is 4.74 Å². The summed E-state index contributed by atoms with van der Waals surface area (Å²) >= 11 is 11.8. The number of alkyl halides is 3. The van der Waals surface area contributed by atoms with E-state index in [2.05, 4.69) is 11.6 Å². The van der Waals surface area contributed by atoms with Gasteiger partial charge in [0.05, 0.1) is 21.2 Å². The van der Waals surface area contributed by atoms with Crippen LogP contribution in [0.1, 0.15) is 22.8 Å². The number of carbonyl (C=O) groups excluding carboxylic acids is 1. The summed E-state index contributed by atoms with van der Waals surface area (Å²) in [6.07, 6.45) is -2.90. The third-order valence-corrected chi connectivity index (χ3v) is 4.99. The SMILES string of the molecule is C=C(C(=O)OCc1ccc(Oc2c(Cl)cc(C(F)(F)F)cc2Cl)cc1)C(O)c1cccnc1. The molecule has 1 unspecified atom stereocenters. The van der Waals surface area contributed by atoms with Gasteiger partial charge in [0, 0.05) is 18.0 Å². The summed E-state index contributed by atoms with van der Waals surface area (Å²) in [6, 6.07) is 10.8. The zero-order valence-corrected chi connectivity index (χ0v) is 18.3. The Balaban J connectivity index is 1.61. The molecule has 1 heterocycles. The number of benzene rings is 2. The lowest BCUT2D eigenvalue weighted by molar-refractivity contribution is -0.141. The molecule has 1 atom stereocenters. The maximum absolute atomic E-state index is 12.8. The van der Waals surface area contributed by atoms with Crippen LogP contribution in [-0.2, 0) is 22.3 Å². The number of rotatable bonds is 7. The number of aliphatic hydroxyl groups is 1. The van der Waals surface area contributed by atoms with Crippen LogP contribution in [0.4, 0.5) is 13.2 Å². The van der Waals surface area contributed by atoms with Crippen LogP contribution in [-0.4, -0.2) is 16.1 Å². The molecule has 0 fully saturated rings. The highest BCUT2D eigenvalue weighted by molar-refractivity contribution is 6.37. The van der Waals surface area contributed by atoms with Crippen LogP contribution in [0.3, 0.4) is 0 Å². The number of halogens is 5. The van der Waals surface area contributed by atoms with Crippen LogP contribution in [0.15, 0.2) is 73.1 Å². The van der Waals surface area contributed by atoms with Crippen LogP contribution in [0.5, 0.6) is 11.5 Å². The van der Waals surface area contributed by atoms with Crippen molar-refractivity contribution in [2.24, 2.45) is 0 Å². The van der Waals surface area contributed by atoms with E-state index in [0.717, 1.165) is 12.1 Å². The van der Waals surface area contributed by atoms with Gasteiger partial charge in [0.2, 0.25) is 0 Å². The fourth-order valence-electron chi connectivity index (χ4n) is 2.68. The monoisotopic (exact) mass is 497 g/mol. The first-order chi connectivity index (χ1) is 15.6. The highest BCUT2D eigenvalue weighted by Gasteiger charge is 2.32. The first-order valence-electron chi connectivity index (χ1n) is 9.33. The van der Waals surface area contributed by atoms with Crippen molar-refractivity contribution in [3.8, 4) is 11.5 Å². The Bertz CT molecular complexity index is 1130.